The molecule has 0 saturated carbocycles. The van der Waals surface area contributed by atoms with Gasteiger partial charge < -0.3 is 15.4 Å². The summed E-state index contributed by atoms with van der Waals surface area (Å²) < 4.78 is 18.7. The molecule has 4 nitrogen and oxygen atoms in total. The smallest absolute Gasteiger partial charge is 0.260 e. The number of hydrogen-bond donors (Lipinski definition) is 1. The fourth-order valence-corrected chi connectivity index (χ4v) is 1.32. The van der Waals surface area contributed by atoms with Gasteiger partial charge in [0.15, 0.2) is 6.61 Å². The molecule has 0 heterocycles. The lowest BCUT2D eigenvalue weighted by atomic mass is 10.2. The van der Waals surface area contributed by atoms with Gasteiger partial charge in [0.2, 0.25) is 0 Å². The Bertz CT molecular complexity index is 421. The molecule has 0 atom stereocenters. The van der Waals surface area contributed by atoms with Crippen molar-refractivity contribution in [3.8, 4) is 5.75 Å². The van der Waals surface area contributed by atoms with Crippen molar-refractivity contribution < 1.29 is 13.9 Å². The fourth-order valence-electron chi connectivity index (χ4n) is 1.32. The van der Waals surface area contributed by atoms with Gasteiger partial charge >= 0.3 is 0 Å². The molecule has 2 N–H and O–H groups in total. The molecule has 0 radical (unpaired) electrons. The third-order valence-electron chi connectivity index (χ3n) is 2.77. The van der Waals surface area contributed by atoms with Gasteiger partial charge in [-0.05, 0) is 19.9 Å². The van der Waals surface area contributed by atoms with E-state index >= 15 is 0 Å². The molecule has 0 fully saturated rings. The van der Waals surface area contributed by atoms with Gasteiger partial charge in [-0.1, -0.05) is 6.07 Å². The largest absolute Gasteiger partial charge is 0.484 e. The molecule has 0 aliphatic heterocycles. The zero-order chi connectivity index (χ0) is 13.7. The van der Waals surface area contributed by atoms with Crippen LogP contribution in [0.4, 0.5) is 4.39 Å². The van der Waals surface area contributed by atoms with E-state index in [1.807, 2.05) is 13.8 Å². The normalized spacial score (nSPS) is 10.6. The van der Waals surface area contributed by atoms with Crippen molar-refractivity contribution in [1.82, 2.24) is 4.90 Å². The van der Waals surface area contributed by atoms with E-state index in [0.717, 1.165) is 0 Å². The van der Waals surface area contributed by atoms with E-state index in [2.05, 4.69) is 0 Å². The van der Waals surface area contributed by atoms with Crippen LogP contribution in [0.2, 0.25) is 0 Å². The quantitative estimate of drug-likeness (QED) is 0.867. The maximum Gasteiger partial charge on any atom is 0.260 e. The van der Waals surface area contributed by atoms with E-state index in [9.17, 15) is 9.18 Å². The van der Waals surface area contributed by atoms with Crippen molar-refractivity contribution in [2.24, 2.45) is 5.73 Å². The number of nitrogens with two attached hydrogens (primary N) is 1. The van der Waals surface area contributed by atoms with Crippen LogP contribution in [0.1, 0.15) is 19.4 Å². The van der Waals surface area contributed by atoms with Crippen molar-refractivity contribution in [2.75, 3.05) is 13.7 Å². The highest BCUT2D eigenvalue weighted by Gasteiger charge is 2.12. The number of nitrogens with zero attached hydrogens (tertiary/aromatic N) is 1. The van der Waals surface area contributed by atoms with Crippen molar-refractivity contribution >= 4 is 5.91 Å². The number of carbonyl (C=O) groups is 1. The number of halogens is 1. The Kier molecular flexibility index (Phi) is 5.09. The molecule has 1 rings (SSSR count). The van der Waals surface area contributed by atoms with Gasteiger partial charge in [-0.25, -0.2) is 4.39 Å². The summed E-state index contributed by atoms with van der Waals surface area (Å²) in [5.74, 6) is -0.233. The minimum absolute atomic E-state index is 0.101. The summed E-state index contributed by atoms with van der Waals surface area (Å²) in [6, 6.07) is 4.51. The average Bonchev–Trinajstić information content (AvgIpc) is 2.35. The molecule has 18 heavy (non-hydrogen) atoms. The summed E-state index contributed by atoms with van der Waals surface area (Å²) in [7, 11) is 1.70. The van der Waals surface area contributed by atoms with E-state index in [1.54, 1.807) is 24.1 Å². The van der Waals surface area contributed by atoms with Crippen LogP contribution in [0, 0.1) is 5.82 Å². The number of likely N-dealkylation sites (N-methyl/N-ethyl adjacent to an activating group) is 1. The SMILES string of the molecule is CC(C)N(C)C(=O)COc1ccc(CN)c(F)c1. The average molecular weight is 254 g/mol. The molecule has 0 saturated heterocycles. The fraction of sp³-hybridized carbons (Fsp3) is 0.462. The lowest BCUT2D eigenvalue weighted by Gasteiger charge is -2.21. The van der Waals surface area contributed by atoms with Gasteiger partial charge in [0.1, 0.15) is 11.6 Å². The van der Waals surface area contributed by atoms with Crippen LogP contribution < -0.4 is 10.5 Å². The molecular formula is C13H19FN2O2. The van der Waals surface area contributed by atoms with E-state index < -0.39 is 5.82 Å². The Labute approximate surface area is 107 Å². The minimum Gasteiger partial charge on any atom is -0.484 e. The molecule has 1 aromatic carbocycles. The van der Waals surface area contributed by atoms with Crippen LogP contribution in [-0.4, -0.2) is 30.5 Å². The maximum atomic E-state index is 13.4. The van der Waals surface area contributed by atoms with Gasteiger partial charge in [0, 0.05) is 31.3 Å². The van der Waals surface area contributed by atoms with Crippen molar-refractivity contribution in [1.29, 1.82) is 0 Å². The Hall–Kier alpha value is -1.62. The summed E-state index contributed by atoms with van der Waals surface area (Å²) in [5, 5.41) is 0. The zero-order valence-corrected chi connectivity index (χ0v) is 10.9. The highest BCUT2D eigenvalue weighted by molar-refractivity contribution is 5.77. The Morgan fingerprint density at radius 1 is 1.50 bits per heavy atom. The second-order valence-electron chi connectivity index (χ2n) is 4.34. The Morgan fingerprint density at radius 3 is 2.67 bits per heavy atom. The standard InChI is InChI=1S/C13H19FN2O2/c1-9(2)16(3)13(17)8-18-11-5-4-10(7-15)12(14)6-11/h4-6,9H,7-8,15H2,1-3H3. The first-order chi connectivity index (χ1) is 8.45. The monoisotopic (exact) mass is 254 g/mol. The van der Waals surface area contributed by atoms with E-state index in [4.69, 9.17) is 10.5 Å². The number of rotatable bonds is 5. The lowest BCUT2D eigenvalue weighted by Crippen LogP contribution is -2.36. The van der Waals surface area contributed by atoms with Crippen LogP contribution in [0.5, 0.6) is 5.75 Å². The van der Waals surface area contributed by atoms with Crippen molar-refractivity contribution in [3.05, 3.63) is 29.6 Å². The van der Waals surface area contributed by atoms with Crippen LogP contribution >= 0.6 is 0 Å². The Balaban J connectivity index is 2.59. The van der Waals surface area contributed by atoms with Gasteiger partial charge in [-0.15, -0.1) is 0 Å². The molecule has 0 unspecified atom stereocenters. The highest BCUT2D eigenvalue weighted by atomic mass is 19.1. The number of hydrogen-bond acceptors (Lipinski definition) is 3. The molecule has 5 heteroatoms. The lowest BCUT2D eigenvalue weighted by molar-refractivity contribution is -0.133. The molecule has 0 aromatic heterocycles. The molecule has 0 aliphatic rings. The third-order valence-corrected chi connectivity index (χ3v) is 2.77. The van der Waals surface area contributed by atoms with Gasteiger partial charge in [0.05, 0.1) is 0 Å². The topological polar surface area (TPSA) is 55.6 Å². The van der Waals surface area contributed by atoms with Gasteiger partial charge in [0.25, 0.3) is 5.91 Å². The molecule has 100 valence electrons. The number of benzene rings is 1. The van der Waals surface area contributed by atoms with Crippen LogP contribution in [-0.2, 0) is 11.3 Å². The third kappa shape index (κ3) is 3.70. The van der Waals surface area contributed by atoms with Gasteiger partial charge in [-0.3, -0.25) is 4.79 Å². The second kappa shape index (κ2) is 6.35. The summed E-state index contributed by atoms with van der Waals surface area (Å²) in [6.45, 7) is 3.86. The first-order valence-electron chi connectivity index (χ1n) is 5.82. The number of ether oxygens (including phenoxy) is 1. The summed E-state index contributed by atoms with van der Waals surface area (Å²) in [4.78, 5) is 13.2. The first kappa shape index (κ1) is 14.4. The number of amides is 1. The van der Waals surface area contributed by atoms with Crippen LogP contribution in [0.15, 0.2) is 18.2 Å². The minimum atomic E-state index is -0.417. The predicted octanol–water partition coefficient (Wildman–Crippen LogP) is 1.53. The summed E-state index contributed by atoms with van der Waals surface area (Å²) in [6.07, 6.45) is 0. The zero-order valence-electron chi connectivity index (χ0n) is 10.9. The second-order valence-corrected chi connectivity index (χ2v) is 4.34. The summed E-state index contributed by atoms with van der Waals surface area (Å²) >= 11 is 0. The molecule has 1 aromatic rings. The molecule has 0 bridgehead atoms. The van der Waals surface area contributed by atoms with Crippen molar-refractivity contribution in [2.45, 2.75) is 26.4 Å². The van der Waals surface area contributed by atoms with Gasteiger partial charge in [-0.2, -0.15) is 0 Å². The molecule has 1 amide bonds. The molecule has 0 spiro atoms. The van der Waals surface area contributed by atoms with Crippen LogP contribution in [0.3, 0.4) is 0 Å². The highest BCUT2D eigenvalue weighted by Crippen LogP contribution is 2.16. The summed E-state index contributed by atoms with van der Waals surface area (Å²) in [5.41, 5.74) is 5.78. The maximum absolute atomic E-state index is 13.4. The van der Waals surface area contributed by atoms with E-state index in [0.29, 0.717) is 11.3 Å². The Morgan fingerprint density at radius 2 is 2.17 bits per heavy atom. The number of carbonyl (C=O) groups excluding carboxylic acids is 1. The molecular weight excluding hydrogens is 235 g/mol. The molecule has 0 aliphatic carbocycles. The van der Waals surface area contributed by atoms with Crippen molar-refractivity contribution in [3.63, 3.8) is 0 Å². The van der Waals surface area contributed by atoms with Crippen LogP contribution in [0.25, 0.3) is 0 Å². The predicted molar refractivity (Wildman–Crippen MR) is 67.7 cm³/mol. The first-order valence-corrected chi connectivity index (χ1v) is 5.82. The van der Waals surface area contributed by atoms with E-state index in [-0.39, 0.29) is 25.1 Å². The van der Waals surface area contributed by atoms with E-state index in [1.165, 1.54) is 6.07 Å².